The second kappa shape index (κ2) is 11.2. The number of ether oxygens (including phenoxy) is 3. The molecule has 0 saturated heterocycles. The number of nitrogens with one attached hydrogen (secondary N) is 1. The SMILES string of the molecule is CCOc1ccc(NC(=O)CSCc2cccc(C(=O)OC)c2)cc1OCC. The fourth-order valence-electron chi connectivity index (χ4n) is 2.49. The Labute approximate surface area is 169 Å². The molecule has 0 atom stereocenters. The number of hydrogen-bond acceptors (Lipinski definition) is 6. The van der Waals surface area contributed by atoms with Gasteiger partial charge in [-0.25, -0.2) is 4.79 Å². The number of amides is 1. The summed E-state index contributed by atoms with van der Waals surface area (Å²) < 4.78 is 15.8. The van der Waals surface area contributed by atoms with Crippen LogP contribution in [0.3, 0.4) is 0 Å². The number of rotatable bonds is 10. The maximum absolute atomic E-state index is 12.2. The summed E-state index contributed by atoms with van der Waals surface area (Å²) in [7, 11) is 1.35. The molecule has 0 saturated carbocycles. The summed E-state index contributed by atoms with van der Waals surface area (Å²) in [6.07, 6.45) is 0. The Hall–Kier alpha value is -2.67. The van der Waals surface area contributed by atoms with E-state index in [9.17, 15) is 9.59 Å². The number of methoxy groups -OCH3 is 1. The van der Waals surface area contributed by atoms with E-state index in [1.807, 2.05) is 19.9 Å². The third kappa shape index (κ3) is 6.49. The zero-order valence-corrected chi connectivity index (χ0v) is 17.1. The summed E-state index contributed by atoms with van der Waals surface area (Å²) in [6, 6.07) is 12.5. The molecule has 0 fully saturated rings. The van der Waals surface area contributed by atoms with E-state index in [2.05, 4.69) is 5.32 Å². The largest absolute Gasteiger partial charge is 0.490 e. The van der Waals surface area contributed by atoms with Crippen molar-refractivity contribution < 1.29 is 23.8 Å². The maximum atomic E-state index is 12.2. The van der Waals surface area contributed by atoms with Gasteiger partial charge >= 0.3 is 5.97 Å². The molecule has 0 heterocycles. The Morgan fingerprint density at radius 3 is 2.46 bits per heavy atom. The molecule has 0 aromatic heterocycles. The number of hydrogen-bond donors (Lipinski definition) is 1. The van der Waals surface area contributed by atoms with Gasteiger partial charge in [0.2, 0.25) is 5.91 Å². The van der Waals surface area contributed by atoms with Crippen molar-refractivity contribution in [3.8, 4) is 11.5 Å². The van der Waals surface area contributed by atoms with Gasteiger partial charge in [-0.2, -0.15) is 0 Å². The van der Waals surface area contributed by atoms with Gasteiger partial charge < -0.3 is 19.5 Å². The Kier molecular flexibility index (Phi) is 8.68. The highest BCUT2D eigenvalue weighted by Gasteiger charge is 2.10. The van der Waals surface area contributed by atoms with Gasteiger partial charge in [0, 0.05) is 17.5 Å². The summed E-state index contributed by atoms with van der Waals surface area (Å²) in [5, 5.41) is 2.87. The van der Waals surface area contributed by atoms with Crippen molar-refractivity contribution in [2.45, 2.75) is 19.6 Å². The minimum atomic E-state index is -0.370. The minimum Gasteiger partial charge on any atom is -0.490 e. The van der Waals surface area contributed by atoms with Crippen LogP contribution in [0.2, 0.25) is 0 Å². The third-order valence-electron chi connectivity index (χ3n) is 3.68. The monoisotopic (exact) mass is 403 g/mol. The Bertz CT molecular complexity index is 809. The Morgan fingerprint density at radius 1 is 1.00 bits per heavy atom. The molecule has 1 N–H and O–H groups in total. The summed E-state index contributed by atoms with van der Waals surface area (Å²) in [4.78, 5) is 23.8. The number of benzene rings is 2. The molecule has 2 aromatic rings. The van der Waals surface area contributed by atoms with E-state index in [1.165, 1.54) is 18.9 Å². The molecule has 0 bridgehead atoms. The average Bonchev–Trinajstić information content (AvgIpc) is 2.70. The lowest BCUT2D eigenvalue weighted by molar-refractivity contribution is -0.113. The molecule has 7 heteroatoms. The standard InChI is InChI=1S/C21H25NO5S/c1-4-26-18-10-9-17(12-19(18)27-5-2)22-20(23)14-28-13-15-7-6-8-16(11-15)21(24)25-3/h6-12H,4-5,13-14H2,1-3H3,(H,22,23). The molecule has 0 aliphatic carbocycles. The van der Waals surface area contributed by atoms with E-state index in [0.717, 1.165) is 5.56 Å². The summed E-state index contributed by atoms with van der Waals surface area (Å²) in [5.74, 6) is 1.69. The van der Waals surface area contributed by atoms with Crippen LogP contribution in [0, 0.1) is 0 Å². The first kappa shape index (κ1) is 21.6. The van der Waals surface area contributed by atoms with Crippen molar-refractivity contribution in [1.82, 2.24) is 0 Å². The molecule has 150 valence electrons. The molecule has 2 aromatic carbocycles. The molecule has 28 heavy (non-hydrogen) atoms. The highest BCUT2D eigenvalue weighted by atomic mass is 32.2. The van der Waals surface area contributed by atoms with Crippen molar-refractivity contribution in [2.75, 3.05) is 31.4 Å². The van der Waals surface area contributed by atoms with Crippen molar-refractivity contribution in [2.24, 2.45) is 0 Å². The Morgan fingerprint density at radius 2 is 1.75 bits per heavy atom. The van der Waals surface area contributed by atoms with Gasteiger partial charge in [-0.1, -0.05) is 12.1 Å². The van der Waals surface area contributed by atoms with Crippen LogP contribution in [0.1, 0.15) is 29.8 Å². The first-order valence-corrected chi connectivity index (χ1v) is 10.2. The van der Waals surface area contributed by atoms with Crippen molar-refractivity contribution >= 4 is 29.3 Å². The molecule has 0 spiro atoms. The smallest absolute Gasteiger partial charge is 0.337 e. The van der Waals surface area contributed by atoms with Gasteiger partial charge in [0.25, 0.3) is 0 Å². The van der Waals surface area contributed by atoms with Crippen LogP contribution in [0.4, 0.5) is 5.69 Å². The molecular weight excluding hydrogens is 378 g/mol. The van der Waals surface area contributed by atoms with Crippen molar-refractivity contribution in [1.29, 1.82) is 0 Å². The highest BCUT2D eigenvalue weighted by Crippen LogP contribution is 2.30. The van der Waals surface area contributed by atoms with E-state index in [0.29, 0.717) is 47.5 Å². The zero-order chi connectivity index (χ0) is 20.4. The van der Waals surface area contributed by atoms with Gasteiger partial charge in [-0.05, 0) is 43.7 Å². The predicted molar refractivity (Wildman–Crippen MR) is 111 cm³/mol. The molecule has 2 rings (SSSR count). The number of thioether (sulfide) groups is 1. The average molecular weight is 404 g/mol. The van der Waals surface area contributed by atoms with Crippen LogP contribution in [-0.4, -0.2) is 38.0 Å². The van der Waals surface area contributed by atoms with Gasteiger partial charge in [-0.3, -0.25) is 4.79 Å². The predicted octanol–water partition coefficient (Wildman–Crippen LogP) is 4.14. The summed E-state index contributed by atoms with van der Waals surface area (Å²) in [6.45, 7) is 4.86. The van der Waals surface area contributed by atoms with Gasteiger partial charge in [0.15, 0.2) is 11.5 Å². The molecule has 1 amide bonds. The normalized spacial score (nSPS) is 10.2. The first-order chi connectivity index (χ1) is 13.6. The van der Waals surface area contributed by atoms with Gasteiger partial charge in [0.05, 0.1) is 31.6 Å². The fraction of sp³-hybridized carbons (Fsp3) is 0.333. The minimum absolute atomic E-state index is 0.110. The van der Waals surface area contributed by atoms with Crippen LogP contribution in [0.15, 0.2) is 42.5 Å². The van der Waals surface area contributed by atoms with E-state index < -0.39 is 0 Å². The lowest BCUT2D eigenvalue weighted by Gasteiger charge is -2.13. The number of carbonyl (C=O) groups excluding carboxylic acids is 2. The molecule has 0 aliphatic rings. The zero-order valence-electron chi connectivity index (χ0n) is 16.3. The summed E-state index contributed by atoms with van der Waals surface area (Å²) >= 11 is 1.47. The van der Waals surface area contributed by atoms with E-state index >= 15 is 0 Å². The number of carbonyl (C=O) groups is 2. The van der Waals surface area contributed by atoms with Crippen molar-refractivity contribution in [3.63, 3.8) is 0 Å². The third-order valence-corrected chi connectivity index (χ3v) is 4.68. The number of anilines is 1. The van der Waals surface area contributed by atoms with Crippen LogP contribution in [0.25, 0.3) is 0 Å². The fourth-order valence-corrected chi connectivity index (χ4v) is 3.27. The highest BCUT2D eigenvalue weighted by molar-refractivity contribution is 7.99. The number of esters is 1. The summed E-state index contributed by atoms with van der Waals surface area (Å²) in [5.41, 5.74) is 2.12. The van der Waals surface area contributed by atoms with E-state index in [-0.39, 0.29) is 11.9 Å². The second-order valence-electron chi connectivity index (χ2n) is 5.76. The van der Waals surface area contributed by atoms with E-state index in [1.54, 1.807) is 36.4 Å². The van der Waals surface area contributed by atoms with E-state index in [4.69, 9.17) is 14.2 Å². The van der Waals surface area contributed by atoms with Gasteiger partial charge in [0.1, 0.15) is 0 Å². The van der Waals surface area contributed by atoms with Crippen molar-refractivity contribution in [3.05, 3.63) is 53.6 Å². The quantitative estimate of drug-likeness (QED) is 0.601. The van der Waals surface area contributed by atoms with Crippen LogP contribution >= 0.6 is 11.8 Å². The lowest BCUT2D eigenvalue weighted by Crippen LogP contribution is -2.14. The molecule has 0 unspecified atom stereocenters. The topological polar surface area (TPSA) is 73.9 Å². The second-order valence-corrected chi connectivity index (χ2v) is 6.75. The molecule has 0 aliphatic heterocycles. The molecule has 6 nitrogen and oxygen atoms in total. The maximum Gasteiger partial charge on any atom is 0.337 e. The van der Waals surface area contributed by atoms with Crippen LogP contribution in [0.5, 0.6) is 11.5 Å². The van der Waals surface area contributed by atoms with Gasteiger partial charge in [-0.15, -0.1) is 11.8 Å². The molecule has 0 radical (unpaired) electrons. The first-order valence-electron chi connectivity index (χ1n) is 9.01. The molecular formula is C21H25NO5S. The van der Waals surface area contributed by atoms with Crippen LogP contribution in [-0.2, 0) is 15.3 Å². The lowest BCUT2D eigenvalue weighted by atomic mass is 10.1. The van der Waals surface area contributed by atoms with Crippen LogP contribution < -0.4 is 14.8 Å². The Balaban J connectivity index is 1.89.